The summed E-state index contributed by atoms with van der Waals surface area (Å²) in [6, 6.07) is 25.8. The molecule has 3 aromatic carbocycles. The molecule has 40 heavy (non-hydrogen) atoms. The number of alkyl halides is 2. The van der Waals surface area contributed by atoms with Gasteiger partial charge in [0, 0.05) is 63.2 Å². The summed E-state index contributed by atoms with van der Waals surface area (Å²) in [5.74, 6) is -2.86. The van der Waals surface area contributed by atoms with E-state index in [9.17, 15) is 13.6 Å². The fraction of sp³-hybridized carbons (Fsp3) is 0.129. The van der Waals surface area contributed by atoms with Crippen LogP contribution in [-0.4, -0.2) is 34.9 Å². The van der Waals surface area contributed by atoms with Gasteiger partial charge in [0.1, 0.15) is 0 Å². The van der Waals surface area contributed by atoms with E-state index in [1.165, 1.54) is 0 Å². The lowest BCUT2D eigenvalue weighted by atomic mass is 10.1. The van der Waals surface area contributed by atoms with Crippen molar-refractivity contribution in [1.29, 1.82) is 0 Å². The zero-order valence-electron chi connectivity index (χ0n) is 21.7. The Hall–Kier alpha value is -5.05. The van der Waals surface area contributed by atoms with Crippen molar-refractivity contribution in [2.24, 2.45) is 0 Å². The predicted octanol–water partition coefficient (Wildman–Crippen LogP) is 7.13. The Morgan fingerprint density at radius 2 is 1.45 bits per heavy atom. The second-order valence-electron chi connectivity index (χ2n) is 9.82. The van der Waals surface area contributed by atoms with Gasteiger partial charge >= 0.3 is 0 Å². The maximum absolute atomic E-state index is 13.4. The van der Waals surface area contributed by atoms with Crippen LogP contribution in [0.1, 0.15) is 16.1 Å². The third kappa shape index (κ3) is 5.54. The van der Waals surface area contributed by atoms with Gasteiger partial charge in [0.2, 0.25) is 0 Å². The molecule has 200 valence electrons. The van der Waals surface area contributed by atoms with Crippen molar-refractivity contribution < 1.29 is 13.6 Å². The van der Waals surface area contributed by atoms with E-state index in [2.05, 4.69) is 25.9 Å². The third-order valence-electron chi connectivity index (χ3n) is 6.69. The number of pyridine rings is 2. The molecule has 0 aliphatic carbocycles. The number of hydrogen-bond acceptors (Lipinski definition) is 6. The Morgan fingerprint density at radius 3 is 2.17 bits per heavy atom. The molecule has 1 amide bonds. The molecular formula is C31H26F2N6O. The van der Waals surface area contributed by atoms with Gasteiger partial charge in [-0.1, -0.05) is 0 Å². The highest BCUT2D eigenvalue weighted by Crippen LogP contribution is 2.35. The number of nitrogens with one attached hydrogen (secondary N) is 3. The first kappa shape index (κ1) is 25.2. The summed E-state index contributed by atoms with van der Waals surface area (Å²) >= 11 is 0. The second-order valence-corrected chi connectivity index (χ2v) is 9.82. The van der Waals surface area contributed by atoms with E-state index in [4.69, 9.17) is 0 Å². The molecule has 0 bridgehead atoms. The van der Waals surface area contributed by atoms with Crippen molar-refractivity contribution in [3.8, 4) is 0 Å². The number of halogens is 2. The van der Waals surface area contributed by atoms with E-state index in [1.54, 1.807) is 29.4 Å². The fourth-order valence-electron chi connectivity index (χ4n) is 4.63. The highest BCUT2D eigenvalue weighted by Gasteiger charge is 2.43. The molecule has 1 fully saturated rings. The molecule has 0 atom stereocenters. The fourth-order valence-corrected chi connectivity index (χ4v) is 4.63. The molecule has 1 aliphatic rings. The molecule has 2 aromatic heterocycles. The van der Waals surface area contributed by atoms with E-state index in [0.29, 0.717) is 11.3 Å². The number of nitrogens with zero attached hydrogens (tertiary/aromatic N) is 3. The van der Waals surface area contributed by atoms with Crippen LogP contribution in [0.15, 0.2) is 97.3 Å². The summed E-state index contributed by atoms with van der Waals surface area (Å²) in [5, 5.41) is 10.4. The Labute approximate surface area is 229 Å². The topological polar surface area (TPSA) is 82.2 Å². The minimum absolute atomic E-state index is 0.220. The molecule has 0 radical (unpaired) electrons. The number of aromatic nitrogens is 2. The number of amides is 1. The number of hydrogen-bond donors (Lipinski definition) is 3. The molecule has 9 heteroatoms. The number of fused-ring (bicyclic) bond motifs is 1. The largest absolute Gasteiger partial charge is 0.359 e. The van der Waals surface area contributed by atoms with Gasteiger partial charge in [-0.05, 0) is 91.9 Å². The van der Waals surface area contributed by atoms with Gasteiger partial charge in [-0.15, -0.1) is 0 Å². The zero-order valence-corrected chi connectivity index (χ0v) is 21.7. The van der Waals surface area contributed by atoms with Crippen LogP contribution in [0.25, 0.3) is 10.9 Å². The predicted molar refractivity (Wildman–Crippen MR) is 155 cm³/mol. The molecule has 3 N–H and O–H groups in total. The van der Waals surface area contributed by atoms with Crippen molar-refractivity contribution in [1.82, 2.24) is 9.97 Å². The van der Waals surface area contributed by atoms with Gasteiger partial charge in [-0.2, -0.15) is 0 Å². The lowest BCUT2D eigenvalue weighted by Crippen LogP contribution is -2.56. The lowest BCUT2D eigenvalue weighted by molar-refractivity contribution is -0.0262. The van der Waals surface area contributed by atoms with E-state index < -0.39 is 5.92 Å². The SMILES string of the molecule is Cc1cc(Nc2ccc(NC(=O)c3ccc(Nc4ccnc5ccc(N6CC(F)(F)C6)cc45)cc3)cc2)ccn1. The van der Waals surface area contributed by atoms with Crippen LogP contribution in [0.3, 0.4) is 0 Å². The monoisotopic (exact) mass is 536 g/mol. The maximum Gasteiger partial charge on any atom is 0.282 e. The zero-order chi connectivity index (χ0) is 27.7. The Kier molecular flexibility index (Phi) is 6.47. The summed E-state index contributed by atoms with van der Waals surface area (Å²) in [6.45, 7) is 1.37. The number of aryl methyl sites for hydroxylation is 1. The van der Waals surface area contributed by atoms with Crippen LogP contribution in [-0.2, 0) is 0 Å². The maximum atomic E-state index is 13.4. The minimum atomic E-state index is -2.64. The van der Waals surface area contributed by atoms with Crippen molar-refractivity contribution in [2.75, 3.05) is 33.9 Å². The molecule has 6 rings (SSSR count). The number of carbonyl (C=O) groups excluding carboxylic acids is 1. The van der Waals surface area contributed by atoms with E-state index >= 15 is 0 Å². The highest BCUT2D eigenvalue weighted by molar-refractivity contribution is 6.04. The van der Waals surface area contributed by atoms with Gasteiger partial charge in [0.15, 0.2) is 0 Å². The number of rotatable bonds is 7. The number of anilines is 6. The molecule has 1 saturated heterocycles. The summed E-state index contributed by atoms with van der Waals surface area (Å²) in [5.41, 5.74) is 7.04. The summed E-state index contributed by atoms with van der Waals surface area (Å²) in [4.78, 5) is 23.1. The molecule has 0 unspecified atom stereocenters. The van der Waals surface area contributed by atoms with Crippen LogP contribution < -0.4 is 20.9 Å². The number of carbonyl (C=O) groups is 1. The molecule has 0 saturated carbocycles. The van der Waals surface area contributed by atoms with Crippen molar-refractivity contribution in [2.45, 2.75) is 12.8 Å². The average Bonchev–Trinajstić information content (AvgIpc) is 2.93. The minimum Gasteiger partial charge on any atom is -0.359 e. The summed E-state index contributed by atoms with van der Waals surface area (Å²) in [6.07, 6.45) is 3.45. The van der Waals surface area contributed by atoms with Gasteiger partial charge < -0.3 is 20.9 Å². The first-order valence-corrected chi connectivity index (χ1v) is 12.8. The van der Waals surface area contributed by atoms with Crippen LogP contribution in [0.2, 0.25) is 0 Å². The third-order valence-corrected chi connectivity index (χ3v) is 6.69. The molecule has 0 spiro atoms. The normalized spacial score (nSPS) is 13.9. The second kappa shape index (κ2) is 10.3. The van der Waals surface area contributed by atoms with Gasteiger partial charge in [-0.25, -0.2) is 8.78 Å². The van der Waals surface area contributed by atoms with Crippen LogP contribution in [0, 0.1) is 6.92 Å². The molecule has 1 aliphatic heterocycles. The van der Waals surface area contributed by atoms with Gasteiger partial charge in [0.05, 0.1) is 18.6 Å². The Balaban J connectivity index is 1.11. The van der Waals surface area contributed by atoms with Crippen LogP contribution >= 0.6 is 0 Å². The smallest absolute Gasteiger partial charge is 0.282 e. The van der Waals surface area contributed by atoms with E-state index in [-0.39, 0.29) is 19.0 Å². The van der Waals surface area contributed by atoms with Crippen LogP contribution in [0.5, 0.6) is 0 Å². The summed E-state index contributed by atoms with van der Waals surface area (Å²) in [7, 11) is 0. The van der Waals surface area contributed by atoms with E-state index in [1.807, 2.05) is 79.7 Å². The molecular weight excluding hydrogens is 510 g/mol. The first-order valence-electron chi connectivity index (χ1n) is 12.8. The quantitative estimate of drug-likeness (QED) is 0.205. The molecule has 7 nitrogen and oxygen atoms in total. The van der Waals surface area contributed by atoms with E-state index in [0.717, 1.165) is 45.0 Å². The van der Waals surface area contributed by atoms with Crippen molar-refractivity contribution >= 4 is 50.9 Å². The Bertz CT molecular complexity index is 1680. The van der Waals surface area contributed by atoms with Gasteiger partial charge in [-0.3, -0.25) is 14.8 Å². The van der Waals surface area contributed by atoms with Gasteiger partial charge in [0.25, 0.3) is 11.8 Å². The lowest BCUT2D eigenvalue weighted by Gasteiger charge is -2.40. The van der Waals surface area contributed by atoms with Crippen LogP contribution in [0.4, 0.5) is 42.9 Å². The Morgan fingerprint density at radius 1 is 0.775 bits per heavy atom. The van der Waals surface area contributed by atoms with Crippen molar-refractivity contribution in [3.05, 3.63) is 109 Å². The standard InChI is InChI=1S/C31H26F2N6O/c1-20-16-25(12-14-34-20)36-22-6-8-24(9-7-22)38-30(40)21-2-4-23(5-3-21)37-29-13-15-35-28-11-10-26(17-27(28)29)39-18-31(32,33)19-39/h2-17H,18-19H2,1H3,(H,34,36)(H,35,37)(H,38,40). The molecule has 3 heterocycles. The highest BCUT2D eigenvalue weighted by atomic mass is 19.3. The average molecular weight is 537 g/mol. The van der Waals surface area contributed by atoms with Crippen molar-refractivity contribution in [3.63, 3.8) is 0 Å². The summed E-state index contributed by atoms with van der Waals surface area (Å²) < 4.78 is 26.7. The molecule has 5 aromatic rings. The number of benzene rings is 3. The first-order chi connectivity index (χ1) is 19.3.